The summed E-state index contributed by atoms with van der Waals surface area (Å²) in [5, 5.41) is 11.0. The average Bonchev–Trinajstić information content (AvgIpc) is 3.07. The van der Waals surface area contributed by atoms with Crippen molar-refractivity contribution in [1.29, 1.82) is 0 Å². The number of benzene rings is 2. The first-order valence-corrected chi connectivity index (χ1v) is 11.8. The van der Waals surface area contributed by atoms with Gasteiger partial charge in [0.2, 0.25) is 0 Å². The minimum atomic E-state index is -0.741. The Morgan fingerprint density at radius 1 is 1.06 bits per heavy atom. The normalized spacial score (nSPS) is 17.7. The molecule has 2 aromatic carbocycles. The molecular formula is C27H33FN2O4. The van der Waals surface area contributed by atoms with E-state index in [2.05, 4.69) is 18.7 Å². The number of ketones is 1. The van der Waals surface area contributed by atoms with Crippen molar-refractivity contribution in [1.82, 2.24) is 9.80 Å². The molecule has 1 heterocycles. The maximum Gasteiger partial charge on any atom is 0.295 e. The lowest BCUT2D eigenvalue weighted by atomic mass is 9.95. The van der Waals surface area contributed by atoms with Gasteiger partial charge < -0.3 is 19.6 Å². The van der Waals surface area contributed by atoms with E-state index in [1.54, 1.807) is 12.1 Å². The van der Waals surface area contributed by atoms with Gasteiger partial charge in [0.05, 0.1) is 17.7 Å². The number of nitrogens with zero attached hydrogens (tertiary/aromatic N) is 2. The Labute approximate surface area is 200 Å². The van der Waals surface area contributed by atoms with E-state index >= 15 is 0 Å². The monoisotopic (exact) mass is 468 g/mol. The van der Waals surface area contributed by atoms with Gasteiger partial charge in [-0.2, -0.15) is 0 Å². The first kappa shape index (κ1) is 25.4. The number of halogens is 1. The number of carbonyl (C=O) groups is 2. The molecule has 1 N–H and O–H groups in total. The van der Waals surface area contributed by atoms with Crippen LogP contribution in [0.15, 0.2) is 54.1 Å². The van der Waals surface area contributed by atoms with Gasteiger partial charge in [-0.3, -0.25) is 9.59 Å². The second-order valence-corrected chi connectivity index (χ2v) is 8.62. The van der Waals surface area contributed by atoms with E-state index < -0.39 is 23.5 Å². The zero-order chi connectivity index (χ0) is 24.8. The van der Waals surface area contributed by atoms with Crippen molar-refractivity contribution in [3.8, 4) is 5.75 Å². The van der Waals surface area contributed by atoms with E-state index in [9.17, 15) is 19.1 Å². The maximum atomic E-state index is 13.4. The molecule has 0 aliphatic carbocycles. The Balaban J connectivity index is 2.01. The van der Waals surface area contributed by atoms with E-state index in [4.69, 9.17) is 4.74 Å². The van der Waals surface area contributed by atoms with Crippen LogP contribution in [-0.4, -0.2) is 58.9 Å². The van der Waals surface area contributed by atoms with Crippen LogP contribution in [0, 0.1) is 5.82 Å². The number of Topliss-reactive ketones (excluding diaryl/α,β-unsaturated/α-hetero) is 1. The highest BCUT2D eigenvalue weighted by atomic mass is 19.1. The maximum absolute atomic E-state index is 13.4. The van der Waals surface area contributed by atoms with E-state index in [-0.39, 0.29) is 23.0 Å². The van der Waals surface area contributed by atoms with E-state index in [0.29, 0.717) is 24.3 Å². The van der Waals surface area contributed by atoms with Gasteiger partial charge in [0, 0.05) is 12.1 Å². The summed E-state index contributed by atoms with van der Waals surface area (Å²) in [6, 6.07) is 11.7. The van der Waals surface area contributed by atoms with Crippen molar-refractivity contribution in [3.05, 3.63) is 71.0 Å². The van der Waals surface area contributed by atoms with Gasteiger partial charge in [-0.15, -0.1) is 0 Å². The number of likely N-dealkylation sites (tertiary alicyclic amines) is 1. The minimum Gasteiger partial charge on any atom is -0.507 e. The molecule has 182 valence electrons. The van der Waals surface area contributed by atoms with Crippen molar-refractivity contribution in [2.45, 2.75) is 46.3 Å². The summed E-state index contributed by atoms with van der Waals surface area (Å²) in [6.07, 6.45) is 0.700. The number of hydrogen-bond acceptors (Lipinski definition) is 5. The SMILES string of the molecule is CCN(CC)CCCN1C(=O)C(=O)/C(=C(/O)c2ccc(F)cc2)[C@H]1c1ccc(OC(C)C)cc1. The zero-order valence-corrected chi connectivity index (χ0v) is 20.3. The predicted octanol–water partition coefficient (Wildman–Crippen LogP) is 4.77. The molecule has 7 heteroatoms. The Morgan fingerprint density at radius 3 is 2.24 bits per heavy atom. The fraction of sp³-hybridized carbons (Fsp3) is 0.407. The summed E-state index contributed by atoms with van der Waals surface area (Å²) >= 11 is 0. The molecule has 1 atom stereocenters. The van der Waals surface area contributed by atoms with E-state index in [1.165, 1.54) is 29.2 Å². The highest BCUT2D eigenvalue weighted by molar-refractivity contribution is 6.46. The van der Waals surface area contributed by atoms with Gasteiger partial charge in [-0.05, 0) is 81.9 Å². The molecule has 2 aromatic rings. The molecule has 1 aliphatic heterocycles. The van der Waals surface area contributed by atoms with Crippen molar-refractivity contribution in [3.63, 3.8) is 0 Å². The molecule has 1 saturated heterocycles. The molecule has 3 rings (SSSR count). The molecule has 1 aliphatic rings. The number of amides is 1. The second kappa shape index (κ2) is 11.3. The number of aliphatic hydroxyl groups is 1. The van der Waals surface area contributed by atoms with Crippen LogP contribution in [0.25, 0.3) is 5.76 Å². The van der Waals surface area contributed by atoms with E-state index in [0.717, 1.165) is 19.6 Å². The Bertz CT molecular complexity index is 1030. The molecule has 0 bridgehead atoms. The van der Waals surface area contributed by atoms with Crippen LogP contribution in [0.5, 0.6) is 5.75 Å². The first-order chi connectivity index (χ1) is 16.3. The molecule has 0 saturated carbocycles. The summed E-state index contributed by atoms with van der Waals surface area (Å²) in [6.45, 7) is 11.0. The van der Waals surface area contributed by atoms with Crippen LogP contribution in [0.3, 0.4) is 0 Å². The van der Waals surface area contributed by atoms with Crippen LogP contribution in [0.1, 0.15) is 51.3 Å². The van der Waals surface area contributed by atoms with Crippen LogP contribution in [-0.2, 0) is 9.59 Å². The third kappa shape index (κ3) is 5.65. The van der Waals surface area contributed by atoms with Crippen LogP contribution in [0.4, 0.5) is 4.39 Å². The highest BCUT2D eigenvalue weighted by Crippen LogP contribution is 2.40. The topological polar surface area (TPSA) is 70.1 Å². The molecule has 6 nitrogen and oxygen atoms in total. The van der Waals surface area contributed by atoms with Crippen LogP contribution >= 0.6 is 0 Å². The lowest BCUT2D eigenvalue weighted by Crippen LogP contribution is -2.33. The van der Waals surface area contributed by atoms with Gasteiger partial charge in [0.25, 0.3) is 11.7 Å². The molecule has 0 unspecified atom stereocenters. The lowest BCUT2D eigenvalue weighted by Gasteiger charge is -2.27. The third-order valence-corrected chi connectivity index (χ3v) is 5.99. The van der Waals surface area contributed by atoms with Crippen molar-refractivity contribution >= 4 is 17.4 Å². The zero-order valence-electron chi connectivity index (χ0n) is 20.3. The first-order valence-electron chi connectivity index (χ1n) is 11.8. The average molecular weight is 469 g/mol. The quantitative estimate of drug-likeness (QED) is 0.309. The molecule has 1 amide bonds. The fourth-order valence-electron chi connectivity index (χ4n) is 4.23. The number of rotatable bonds is 10. The summed E-state index contributed by atoms with van der Waals surface area (Å²) in [5.74, 6) is -1.47. The van der Waals surface area contributed by atoms with Crippen molar-refractivity contribution in [2.24, 2.45) is 0 Å². The van der Waals surface area contributed by atoms with Gasteiger partial charge >= 0.3 is 0 Å². The predicted molar refractivity (Wildman–Crippen MR) is 130 cm³/mol. The smallest absolute Gasteiger partial charge is 0.295 e. The van der Waals surface area contributed by atoms with Gasteiger partial charge in [0.15, 0.2) is 0 Å². The Hall–Kier alpha value is -3.19. The second-order valence-electron chi connectivity index (χ2n) is 8.62. The standard InChI is InChI=1S/C27H33FN2O4/c1-5-29(6-2)16-7-17-30-24(19-10-14-22(15-11-19)34-18(3)4)23(26(32)27(30)33)25(31)20-8-12-21(28)13-9-20/h8-15,18,24,31H,5-7,16-17H2,1-4H3/b25-23+/t24-/m1/s1. The summed E-state index contributed by atoms with van der Waals surface area (Å²) in [5.41, 5.74) is 0.992. The van der Waals surface area contributed by atoms with Crippen LogP contribution < -0.4 is 4.74 Å². The lowest BCUT2D eigenvalue weighted by molar-refractivity contribution is -0.140. The number of ether oxygens (including phenoxy) is 1. The number of carbonyl (C=O) groups excluding carboxylic acids is 2. The fourth-order valence-corrected chi connectivity index (χ4v) is 4.23. The summed E-state index contributed by atoms with van der Waals surface area (Å²) in [4.78, 5) is 29.9. The Kier molecular flexibility index (Phi) is 8.45. The number of hydrogen-bond donors (Lipinski definition) is 1. The molecule has 0 aromatic heterocycles. The van der Waals surface area contributed by atoms with Crippen LogP contribution in [0.2, 0.25) is 0 Å². The summed E-state index contributed by atoms with van der Waals surface area (Å²) in [7, 11) is 0. The molecular weight excluding hydrogens is 435 g/mol. The molecule has 0 radical (unpaired) electrons. The van der Waals surface area contributed by atoms with Gasteiger partial charge in [0.1, 0.15) is 17.3 Å². The van der Waals surface area contributed by atoms with Gasteiger partial charge in [-0.1, -0.05) is 26.0 Å². The molecule has 1 fully saturated rings. The largest absolute Gasteiger partial charge is 0.507 e. The number of aliphatic hydroxyl groups excluding tert-OH is 1. The highest BCUT2D eigenvalue weighted by Gasteiger charge is 2.45. The molecule has 34 heavy (non-hydrogen) atoms. The van der Waals surface area contributed by atoms with Gasteiger partial charge in [-0.25, -0.2) is 4.39 Å². The van der Waals surface area contributed by atoms with Crippen molar-refractivity contribution in [2.75, 3.05) is 26.2 Å². The molecule has 0 spiro atoms. The van der Waals surface area contributed by atoms with E-state index in [1.807, 2.05) is 26.0 Å². The third-order valence-electron chi connectivity index (χ3n) is 5.99. The summed E-state index contributed by atoms with van der Waals surface area (Å²) < 4.78 is 19.1. The van der Waals surface area contributed by atoms with Crippen molar-refractivity contribution < 1.29 is 23.8 Å². The Morgan fingerprint density at radius 2 is 1.68 bits per heavy atom. The minimum absolute atomic E-state index is 0.00930.